The average Bonchev–Trinajstić information content (AvgIpc) is 3.24. The molecule has 0 spiro atoms. The van der Waals surface area contributed by atoms with Gasteiger partial charge in [0.15, 0.2) is 5.82 Å². The van der Waals surface area contributed by atoms with E-state index in [1.54, 1.807) is 18.5 Å². The van der Waals surface area contributed by atoms with Crippen molar-refractivity contribution in [3.05, 3.63) is 47.8 Å². The molecule has 28 heavy (non-hydrogen) atoms. The average molecular weight is 379 g/mol. The van der Waals surface area contributed by atoms with Gasteiger partial charge in [0.25, 0.3) is 0 Å². The maximum Gasteiger partial charge on any atom is 0.246 e. The van der Waals surface area contributed by atoms with Crippen molar-refractivity contribution in [1.29, 1.82) is 5.26 Å². The first-order chi connectivity index (χ1) is 13.7. The fraction of sp³-hybridized carbons (Fsp3) is 0.368. The topological polar surface area (TPSA) is 98.4 Å². The number of piperidine rings is 1. The molecule has 0 aromatic carbocycles. The van der Waals surface area contributed by atoms with Crippen LogP contribution in [0.2, 0.25) is 0 Å². The van der Waals surface area contributed by atoms with Crippen LogP contribution >= 0.6 is 0 Å². The van der Waals surface area contributed by atoms with Crippen molar-refractivity contribution >= 4 is 18.1 Å². The minimum atomic E-state index is -0.468. The van der Waals surface area contributed by atoms with Crippen LogP contribution in [-0.4, -0.2) is 45.2 Å². The number of pyridine rings is 1. The smallest absolute Gasteiger partial charge is 0.246 e. The number of carbonyl (C=O) groups is 1. The van der Waals surface area contributed by atoms with Crippen molar-refractivity contribution in [1.82, 2.24) is 20.0 Å². The van der Waals surface area contributed by atoms with Gasteiger partial charge in [-0.2, -0.15) is 10.4 Å². The molecule has 142 valence electrons. The molecule has 1 atom stereocenters. The molecule has 8 nitrogen and oxygen atoms in total. The van der Waals surface area contributed by atoms with Gasteiger partial charge in [-0.15, -0.1) is 0 Å². The number of nitrogens with zero attached hydrogens (tertiary/aromatic N) is 7. The number of hydrogen-bond donors (Lipinski definition) is 0. The fourth-order valence-electron chi connectivity index (χ4n) is 3.55. The van der Waals surface area contributed by atoms with Crippen molar-refractivity contribution < 1.29 is 9.18 Å². The van der Waals surface area contributed by atoms with Gasteiger partial charge in [-0.1, -0.05) is 6.07 Å². The molecule has 4 rings (SSSR count). The second-order valence-corrected chi connectivity index (χ2v) is 6.78. The predicted octanol–water partition coefficient (Wildman–Crippen LogP) is 2.06. The van der Waals surface area contributed by atoms with E-state index in [2.05, 4.69) is 20.1 Å². The van der Waals surface area contributed by atoms with E-state index in [1.165, 1.54) is 5.01 Å². The van der Waals surface area contributed by atoms with Crippen LogP contribution in [0.25, 0.3) is 0 Å². The van der Waals surface area contributed by atoms with E-state index in [0.717, 1.165) is 18.0 Å². The monoisotopic (exact) mass is 379 g/mol. The number of halogens is 1. The molecule has 1 unspecified atom stereocenters. The van der Waals surface area contributed by atoms with E-state index in [0.29, 0.717) is 44.0 Å². The Labute approximate surface area is 161 Å². The van der Waals surface area contributed by atoms with Crippen LogP contribution in [0.4, 0.5) is 10.3 Å². The van der Waals surface area contributed by atoms with Crippen LogP contribution in [0, 0.1) is 23.1 Å². The molecule has 2 aliphatic heterocycles. The first-order valence-electron chi connectivity index (χ1n) is 9.10. The Morgan fingerprint density at radius 2 is 1.89 bits per heavy atom. The Morgan fingerprint density at radius 3 is 2.54 bits per heavy atom. The molecule has 4 heterocycles. The number of hydrogen-bond acceptors (Lipinski definition) is 7. The van der Waals surface area contributed by atoms with E-state index in [9.17, 15) is 9.18 Å². The molecular weight excluding hydrogens is 361 g/mol. The minimum absolute atomic E-state index is 0.0113. The predicted molar refractivity (Wildman–Crippen MR) is 98.6 cm³/mol. The summed E-state index contributed by atoms with van der Waals surface area (Å²) >= 11 is 0. The second-order valence-electron chi connectivity index (χ2n) is 6.78. The number of amides is 1. The third kappa shape index (κ3) is 3.53. The van der Waals surface area contributed by atoms with Gasteiger partial charge in [-0.25, -0.2) is 24.4 Å². The van der Waals surface area contributed by atoms with Gasteiger partial charge < -0.3 is 4.90 Å². The summed E-state index contributed by atoms with van der Waals surface area (Å²) < 4.78 is 13.0. The lowest BCUT2D eigenvalue weighted by molar-refractivity contribution is -0.138. The molecule has 1 amide bonds. The van der Waals surface area contributed by atoms with Gasteiger partial charge in [0, 0.05) is 37.8 Å². The fourth-order valence-corrected chi connectivity index (χ4v) is 3.55. The van der Waals surface area contributed by atoms with Gasteiger partial charge in [-0.05, 0) is 24.5 Å². The highest BCUT2D eigenvalue weighted by atomic mass is 19.1. The maximum atomic E-state index is 13.0. The van der Waals surface area contributed by atoms with Crippen molar-refractivity contribution in [2.75, 3.05) is 18.0 Å². The summed E-state index contributed by atoms with van der Waals surface area (Å²) in [5.41, 5.74) is 1.21. The molecule has 9 heteroatoms. The van der Waals surface area contributed by atoms with Crippen molar-refractivity contribution in [2.24, 2.45) is 11.0 Å². The molecule has 1 fully saturated rings. The van der Waals surface area contributed by atoms with Crippen LogP contribution in [0.5, 0.6) is 0 Å². The first kappa shape index (κ1) is 18.0. The first-order valence-corrected chi connectivity index (χ1v) is 9.10. The normalized spacial score (nSPS) is 19.6. The van der Waals surface area contributed by atoms with E-state index in [-0.39, 0.29) is 17.9 Å². The Balaban J connectivity index is 1.40. The van der Waals surface area contributed by atoms with Gasteiger partial charge >= 0.3 is 0 Å². The van der Waals surface area contributed by atoms with Crippen molar-refractivity contribution in [3.8, 4) is 6.07 Å². The highest BCUT2D eigenvalue weighted by Crippen LogP contribution is 2.32. The zero-order chi connectivity index (χ0) is 19.5. The number of rotatable bonds is 3. The van der Waals surface area contributed by atoms with Gasteiger partial charge in [0.05, 0.1) is 18.4 Å². The molecular formula is C19H18FN7O. The van der Waals surface area contributed by atoms with E-state index < -0.39 is 5.82 Å². The number of anilines is 1. The highest BCUT2D eigenvalue weighted by Gasteiger charge is 2.35. The molecule has 0 saturated carbocycles. The third-order valence-corrected chi connectivity index (χ3v) is 5.08. The zero-order valence-corrected chi connectivity index (χ0v) is 15.1. The van der Waals surface area contributed by atoms with E-state index in [1.807, 2.05) is 17.0 Å². The lowest BCUT2D eigenvalue weighted by Crippen LogP contribution is -2.41. The summed E-state index contributed by atoms with van der Waals surface area (Å²) in [7, 11) is 0. The molecule has 0 bridgehead atoms. The summed E-state index contributed by atoms with van der Waals surface area (Å²) in [6.07, 6.45) is 7.60. The second kappa shape index (κ2) is 7.68. The maximum absolute atomic E-state index is 13.0. The lowest BCUT2D eigenvalue weighted by atomic mass is 9.94. The van der Waals surface area contributed by atoms with Gasteiger partial charge in [0.2, 0.25) is 11.9 Å². The van der Waals surface area contributed by atoms with Crippen LogP contribution in [-0.2, 0) is 4.79 Å². The van der Waals surface area contributed by atoms with Crippen LogP contribution < -0.4 is 4.90 Å². The summed E-state index contributed by atoms with van der Waals surface area (Å²) in [6.45, 7) is 1.26. The van der Waals surface area contributed by atoms with Crippen LogP contribution in [0.3, 0.4) is 0 Å². The largest absolute Gasteiger partial charge is 0.341 e. The lowest BCUT2D eigenvalue weighted by Gasteiger charge is -2.33. The number of nitriles is 1. The molecule has 0 radical (unpaired) electrons. The standard InChI is InChI=1S/C19H18FN7O/c20-15-11-23-19(24-12-15)26-7-4-13(5-8-26)18(28)27-17(3-6-25-27)14-1-2-16(9-21)22-10-14/h1-2,6,10-13,17H,3-5,7-8H2. The highest BCUT2D eigenvalue weighted by molar-refractivity contribution is 5.82. The molecule has 0 aliphatic carbocycles. The van der Waals surface area contributed by atoms with Gasteiger partial charge in [0.1, 0.15) is 11.8 Å². The Hall–Kier alpha value is -3.41. The SMILES string of the molecule is N#Cc1ccc(C2CC=NN2C(=O)C2CCN(c3ncc(F)cn3)CC2)cn1. The molecule has 2 aliphatic rings. The third-order valence-electron chi connectivity index (χ3n) is 5.08. The van der Waals surface area contributed by atoms with Crippen molar-refractivity contribution in [2.45, 2.75) is 25.3 Å². The summed E-state index contributed by atoms with van der Waals surface area (Å²) in [5.74, 6) is -0.138. The zero-order valence-electron chi connectivity index (χ0n) is 15.1. The molecule has 2 aromatic rings. The van der Waals surface area contributed by atoms with Gasteiger partial charge in [-0.3, -0.25) is 4.79 Å². The Morgan fingerprint density at radius 1 is 1.14 bits per heavy atom. The Kier molecular flexibility index (Phi) is 4.93. The van der Waals surface area contributed by atoms with Crippen LogP contribution in [0.15, 0.2) is 35.8 Å². The molecule has 1 saturated heterocycles. The number of aromatic nitrogens is 3. The van der Waals surface area contributed by atoms with Crippen molar-refractivity contribution in [3.63, 3.8) is 0 Å². The summed E-state index contributed by atoms with van der Waals surface area (Å²) in [4.78, 5) is 27.1. The van der Waals surface area contributed by atoms with E-state index >= 15 is 0 Å². The summed E-state index contributed by atoms with van der Waals surface area (Å²) in [5, 5.41) is 14.7. The number of hydrazone groups is 1. The number of carbonyl (C=O) groups excluding carboxylic acids is 1. The van der Waals surface area contributed by atoms with Crippen LogP contribution in [0.1, 0.15) is 36.6 Å². The Bertz CT molecular complexity index is 915. The summed E-state index contributed by atoms with van der Waals surface area (Å²) in [6, 6.07) is 5.27. The molecule has 0 N–H and O–H groups in total. The van der Waals surface area contributed by atoms with E-state index in [4.69, 9.17) is 5.26 Å². The molecule has 2 aromatic heterocycles. The quantitative estimate of drug-likeness (QED) is 0.810. The minimum Gasteiger partial charge on any atom is -0.341 e.